The summed E-state index contributed by atoms with van der Waals surface area (Å²) in [7, 11) is 0. The Bertz CT molecular complexity index is 1150. The molecule has 4 rings (SSSR count). The third-order valence-electron chi connectivity index (χ3n) is 5.67. The lowest BCUT2D eigenvalue weighted by Crippen LogP contribution is -2.28. The van der Waals surface area contributed by atoms with Crippen molar-refractivity contribution in [2.75, 3.05) is 24.6 Å². The number of nitrogens with one attached hydrogen (secondary N) is 1. The van der Waals surface area contributed by atoms with Gasteiger partial charge in [-0.25, -0.2) is 9.37 Å². The highest BCUT2D eigenvalue weighted by Crippen LogP contribution is 2.29. The van der Waals surface area contributed by atoms with E-state index in [0.29, 0.717) is 17.8 Å². The van der Waals surface area contributed by atoms with Gasteiger partial charge in [0, 0.05) is 32.3 Å². The molecule has 0 radical (unpaired) electrons. The number of nitrogens with zero attached hydrogens (tertiary/aromatic N) is 3. The van der Waals surface area contributed by atoms with E-state index in [-0.39, 0.29) is 30.5 Å². The summed E-state index contributed by atoms with van der Waals surface area (Å²) in [5.41, 5.74) is 0.971. The molecule has 1 saturated heterocycles. The van der Waals surface area contributed by atoms with Crippen molar-refractivity contribution in [1.29, 1.82) is 0 Å². The second-order valence-corrected chi connectivity index (χ2v) is 8.19. The van der Waals surface area contributed by atoms with Crippen molar-refractivity contribution in [3.63, 3.8) is 0 Å². The highest BCUT2D eigenvalue weighted by Gasteiger charge is 2.30. The van der Waals surface area contributed by atoms with Gasteiger partial charge in [-0.05, 0) is 48.2 Å². The Morgan fingerprint density at radius 2 is 1.66 bits per heavy atom. The van der Waals surface area contributed by atoms with Gasteiger partial charge in [-0.15, -0.1) is 0 Å². The van der Waals surface area contributed by atoms with Crippen LogP contribution >= 0.6 is 0 Å². The maximum absolute atomic E-state index is 13.0. The summed E-state index contributed by atoms with van der Waals surface area (Å²) in [6.07, 6.45) is -0.532. The smallest absolute Gasteiger partial charge is 0.416 e. The first-order chi connectivity index (χ1) is 16.8. The maximum Gasteiger partial charge on any atom is 0.416 e. The van der Waals surface area contributed by atoms with E-state index in [1.165, 1.54) is 30.5 Å². The van der Waals surface area contributed by atoms with Crippen molar-refractivity contribution in [1.82, 2.24) is 15.3 Å². The van der Waals surface area contributed by atoms with Crippen molar-refractivity contribution >= 4 is 11.7 Å². The van der Waals surface area contributed by atoms with Crippen LogP contribution in [0.5, 0.6) is 6.01 Å². The second-order valence-electron chi connectivity index (χ2n) is 8.19. The standard InChI is InChI=1S/C25H24F4N4O2/c26-20-9-5-17(6-10-20)11-14-35-24-31-16-21(22(32-24)33-12-1-2-13-33)23(34)30-15-18-3-7-19(8-4-18)25(27,28)29/h3-10,16H,1-2,11-15H2,(H,30,34). The van der Waals surface area contributed by atoms with E-state index < -0.39 is 17.6 Å². The van der Waals surface area contributed by atoms with Crippen LogP contribution in [0.1, 0.15) is 39.9 Å². The molecular weight excluding hydrogens is 464 g/mol. The molecule has 2 heterocycles. The number of carbonyl (C=O) groups excluding carboxylic acids is 1. The summed E-state index contributed by atoms with van der Waals surface area (Å²) in [5.74, 6) is -0.274. The zero-order chi connectivity index (χ0) is 24.8. The molecule has 0 aliphatic carbocycles. The molecule has 184 valence electrons. The molecule has 0 atom stereocenters. The van der Waals surface area contributed by atoms with Gasteiger partial charge in [0.2, 0.25) is 0 Å². The number of aromatic nitrogens is 2. The van der Waals surface area contributed by atoms with Gasteiger partial charge < -0.3 is 15.0 Å². The van der Waals surface area contributed by atoms with Crippen LogP contribution in [0.15, 0.2) is 54.7 Å². The fourth-order valence-electron chi connectivity index (χ4n) is 3.76. The lowest BCUT2D eigenvalue weighted by atomic mass is 10.1. The molecule has 1 N–H and O–H groups in total. The molecule has 6 nitrogen and oxygen atoms in total. The molecule has 0 saturated carbocycles. The molecule has 0 spiro atoms. The summed E-state index contributed by atoms with van der Waals surface area (Å²) in [6, 6.07) is 10.9. The topological polar surface area (TPSA) is 67.3 Å². The number of amides is 1. The van der Waals surface area contributed by atoms with Gasteiger partial charge in [-0.1, -0.05) is 24.3 Å². The van der Waals surface area contributed by atoms with Crippen molar-refractivity contribution in [2.45, 2.75) is 32.0 Å². The Kier molecular flexibility index (Phi) is 7.48. The fraction of sp³-hybridized carbons (Fsp3) is 0.320. The SMILES string of the molecule is O=C(NCc1ccc(C(F)(F)F)cc1)c1cnc(OCCc2ccc(F)cc2)nc1N1CCCC1. The van der Waals surface area contributed by atoms with Crippen molar-refractivity contribution < 1.29 is 27.1 Å². The quantitative estimate of drug-likeness (QED) is 0.462. The van der Waals surface area contributed by atoms with Crippen LogP contribution < -0.4 is 15.0 Å². The average molecular weight is 488 g/mol. The number of alkyl halides is 3. The van der Waals surface area contributed by atoms with Gasteiger partial charge in [0.05, 0.1) is 12.2 Å². The Balaban J connectivity index is 1.42. The Hall–Kier alpha value is -3.69. The minimum atomic E-state index is -4.41. The molecule has 1 aromatic heterocycles. The minimum absolute atomic E-state index is 0.0618. The lowest BCUT2D eigenvalue weighted by molar-refractivity contribution is -0.137. The summed E-state index contributed by atoms with van der Waals surface area (Å²) in [4.78, 5) is 23.5. The molecule has 1 aliphatic rings. The third-order valence-corrected chi connectivity index (χ3v) is 5.67. The van der Waals surface area contributed by atoms with Crippen molar-refractivity contribution in [3.8, 4) is 6.01 Å². The molecule has 10 heteroatoms. The van der Waals surface area contributed by atoms with E-state index in [9.17, 15) is 22.4 Å². The number of hydrogen-bond donors (Lipinski definition) is 1. The Morgan fingerprint density at radius 1 is 1.00 bits per heavy atom. The van der Waals surface area contributed by atoms with E-state index in [2.05, 4.69) is 15.3 Å². The van der Waals surface area contributed by atoms with Crippen LogP contribution in [-0.2, 0) is 19.1 Å². The molecule has 0 unspecified atom stereocenters. The summed E-state index contributed by atoms with van der Waals surface area (Å²) < 4.78 is 57.0. The number of rotatable bonds is 8. The molecule has 1 aliphatic heterocycles. The van der Waals surface area contributed by atoms with Crippen LogP contribution in [0.4, 0.5) is 23.4 Å². The van der Waals surface area contributed by atoms with Gasteiger partial charge >= 0.3 is 12.2 Å². The van der Waals surface area contributed by atoms with E-state index in [0.717, 1.165) is 43.6 Å². The summed E-state index contributed by atoms with van der Waals surface area (Å²) >= 11 is 0. The summed E-state index contributed by atoms with van der Waals surface area (Å²) in [6.45, 7) is 1.83. The highest BCUT2D eigenvalue weighted by molar-refractivity contribution is 5.98. The predicted octanol–water partition coefficient (Wildman–Crippen LogP) is 4.79. The first kappa shape index (κ1) is 24.4. The molecule has 1 amide bonds. The predicted molar refractivity (Wildman–Crippen MR) is 122 cm³/mol. The van der Waals surface area contributed by atoms with E-state index in [1.807, 2.05) is 4.90 Å². The molecule has 2 aromatic carbocycles. The third kappa shape index (κ3) is 6.46. The molecule has 35 heavy (non-hydrogen) atoms. The Labute approximate surface area is 200 Å². The van der Waals surface area contributed by atoms with Gasteiger partial charge in [-0.2, -0.15) is 18.2 Å². The Morgan fingerprint density at radius 3 is 2.31 bits per heavy atom. The zero-order valence-corrected chi connectivity index (χ0v) is 18.8. The van der Waals surface area contributed by atoms with Crippen LogP contribution in [0.25, 0.3) is 0 Å². The maximum atomic E-state index is 13.0. The number of anilines is 1. The van der Waals surface area contributed by atoms with Crippen LogP contribution in [0, 0.1) is 5.82 Å². The van der Waals surface area contributed by atoms with Gasteiger partial charge in [0.1, 0.15) is 17.2 Å². The van der Waals surface area contributed by atoms with E-state index in [1.54, 1.807) is 12.1 Å². The number of halogens is 4. The molecule has 1 fully saturated rings. The number of benzene rings is 2. The number of carbonyl (C=O) groups is 1. The van der Waals surface area contributed by atoms with Gasteiger partial charge in [0.25, 0.3) is 5.91 Å². The first-order valence-corrected chi connectivity index (χ1v) is 11.2. The molecular formula is C25H24F4N4O2. The zero-order valence-electron chi connectivity index (χ0n) is 18.8. The fourth-order valence-corrected chi connectivity index (χ4v) is 3.76. The largest absolute Gasteiger partial charge is 0.463 e. The lowest BCUT2D eigenvalue weighted by Gasteiger charge is -2.20. The normalized spacial score (nSPS) is 13.7. The van der Waals surface area contributed by atoms with E-state index in [4.69, 9.17) is 4.74 Å². The average Bonchev–Trinajstić information content (AvgIpc) is 3.38. The minimum Gasteiger partial charge on any atom is -0.463 e. The van der Waals surface area contributed by atoms with Gasteiger partial charge in [-0.3, -0.25) is 4.79 Å². The summed E-state index contributed by atoms with van der Waals surface area (Å²) in [5, 5.41) is 2.73. The van der Waals surface area contributed by atoms with Crippen LogP contribution in [-0.4, -0.2) is 35.6 Å². The number of hydrogen-bond acceptors (Lipinski definition) is 5. The second kappa shape index (κ2) is 10.7. The number of ether oxygens (including phenoxy) is 1. The van der Waals surface area contributed by atoms with Crippen molar-refractivity contribution in [2.24, 2.45) is 0 Å². The van der Waals surface area contributed by atoms with Crippen LogP contribution in [0.2, 0.25) is 0 Å². The van der Waals surface area contributed by atoms with E-state index >= 15 is 0 Å². The highest BCUT2D eigenvalue weighted by atomic mass is 19.4. The van der Waals surface area contributed by atoms with Crippen molar-refractivity contribution in [3.05, 3.63) is 82.8 Å². The monoisotopic (exact) mass is 488 g/mol. The molecule has 3 aromatic rings. The van der Waals surface area contributed by atoms with Gasteiger partial charge in [0.15, 0.2) is 0 Å². The molecule has 0 bridgehead atoms. The first-order valence-electron chi connectivity index (χ1n) is 11.2. The van der Waals surface area contributed by atoms with Crippen LogP contribution in [0.3, 0.4) is 0 Å².